The molecule has 7 nitrogen and oxygen atoms in total. The van der Waals surface area contributed by atoms with Gasteiger partial charge >= 0.3 is 1.41 Å². The van der Waals surface area contributed by atoms with Gasteiger partial charge in [-0.2, -0.15) is 0 Å². The van der Waals surface area contributed by atoms with Crippen LogP contribution in [-0.2, 0) is 0 Å². The van der Waals surface area contributed by atoms with Gasteiger partial charge in [0, 0.05) is 12.1 Å². The molecule has 0 bridgehead atoms. The first-order chi connectivity index (χ1) is 6.90. The van der Waals surface area contributed by atoms with Crippen LogP contribution in [0.4, 0.5) is 0 Å². The molecule has 5 N–H and O–H groups in total. The Bertz CT molecular complexity index is 428. The topological polar surface area (TPSA) is 121 Å². The van der Waals surface area contributed by atoms with Crippen molar-refractivity contribution in [2.75, 3.05) is 0 Å². The van der Waals surface area contributed by atoms with E-state index in [1.165, 1.54) is 6.34 Å². The lowest BCUT2D eigenvalue weighted by Crippen LogP contribution is -2.31. The standard InChI is InChI=1S/C8H8N5.2H2O/c9-5-12-3-1-8(2-4-12)13-6-10-11-7-13;;/h1-7,9H;2*1H2/q+1;;/b9-5-;;. The molecule has 2 rings (SSSR count). The number of nitrogens with zero attached hydrogens (tertiary/aromatic N) is 4. The first-order valence-electron chi connectivity index (χ1n) is 4.18. The summed E-state index contributed by atoms with van der Waals surface area (Å²) >= 11 is 0. The Hall–Kier alpha value is -2.12. The zero-order chi connectivity index (χ0) is 9.80. The average molecular weight is 210 g/mol. The lowest BCUT2D eigenvalue weighted by molar-refractivity contribution is -0.546. The Morgan fingerprint density at radius 1 is 1.27 bits per heavy atom. The predicted molar refractivity (Wildman–Crippen MR) is 53.0 cm³/mol. The minimum Gasteiger partial charge on any atom is -0.412 e. The van der Waals surface area contributed by atoms with Crippen LogP contribution in [0, 0.1) is 5.40 Å². The molecule has 0 aliphatic heterocycles. The molecule has 0 atom stereocenters. The van der Waals surface area contributed by atoms with Crippen LogP contribution in [0.15, 0.2) is 37.2 Å². The Morgan fingerprint density at radius 2 is 1.87 bits per heavy atom. The largest absolute Gasteiger partial charge is 0.412 e. The van der Waals surface area contributed by atoms with E-state index >= 15 is 0 Å². The van der Waals surface area contributed by atoms with Gasteiger partial charge in [-0.25, -0.2) is 4.57 Å². The average Bonchev–Trinajstić information content (AvgIpc) is 2.72. The van der Waals surface area contributed by atoms with E-state index in [0.717, 1.165) is 5.69 Å². The van der Waals surface area contributed by atoms with Crippen molar-refractivity contribution in [1.82, 2.24) is 14.8 Å². The highest BCUT2D eigenvalue weighted by Gasteiger charge is 1.96. The van der Waals surface area contributed by atoms with Crippen LogP contribution in [0.3, 0.4) is 0 Å². The Kier molecular flexibility index (Phi) is 4.07. The van der Waals surface area contributed by atoms with Gasteiger partial charge in [-0.1, -0.05) is 0 Å². The summed E-state index contributed by atoms with van der Waals surface area (Å²) < 4.78 is 10.1. The fraction of sp³-hybridized carbons (Fsp3) is 0. The fourth-order valence-corrected chi connectivity index (χ4v) is 1.01. The van der Waals surface area contributed by atoms with E-state index in [1.54, 1.807) is 34.2 Å². The minimum atomic E-state index is 0. The molecule has 7 heteroatoms. The number of hydrogen-bond acceptors (Lipinski definition) is 3. The molecule has 0 fully saturated rings. The molecule has 0 saturated carbocycles. The lowest BCUT2D eigenvalue weighted by Gasteiger charge is -1.98. The molecule has 80 valence electrons. The molecular formula is C8H12N5O2+. The quantitative estimate of drug-likeness (QED) is 0.363. The number of hydrogen-bond donors (Lipinski definition) is 1. The molecule has 0 aliphatic carbocycles. The lowest BCUT2D eigenvalue weighted by atomic mass is 10.4. The third-order valence-corrected chi connectivity index (χ3v) is 1.69. The smallest absolute Gasteiger partial charge is 0.365 e. The van der Waals surface area contributed by atoms with Crippen molar-refractivity contribution in [3.63, 3.8) is 0 Å². The number of nitrogens with one attached hydrogen (secondary N) is 1. The molecule has 0 aromatic carbocycles. The second-order valence-electron chi connectivity index (χ2n) is 2.49. The van der Waals surface area contributed by atoms with E-state index < -0.39 is 0 Å². The third kappa shape index (κ3) is 2.66. The molecule has 0 saturated heterocycles. The molecule has 0 radical (unpaired) electrons. The van der Waals surface area contributed by atoms with Crippen molar-refractivity contribution in [3.8, 4) is 5.69 Å². The summed E-state index contributed by atoms with van der Waals surface area (Å²) in [5.41, 5.74) is 0.963. The van der Waals surface area contributed by atoms with Crippen molar-refractivity contribution in [2.45, 2.75) is 0 Å². The van der Waals surface area contributed by atoms with Gasteiger partial charge in [-0.05, 0) is 0 Å². The van der Waals surface area contributed by atoms with Gasteiger partial charge in [0.05, 0.1) is 18.1 Å². The molecule has 2 aromatic rings. The zero-order valence-corrected chi connectivity index (χ0v) is 7.78. The van der Waals surface area contributed by atoms with E-state index in [0.29, 0.717) is 0 Å². The third-order valence-electron chi connectivity index (χ3n) is 1.69. The van der Waals surface area contributed by atoms with E-state index in [2.05, 4.69) is 15.6 Å². The molecule has 0 aliphatic rings. The summed E-state index contributed by atoms with van der Waals surface area (Å²) in [5.74, 6) is 0. The Morgan fingerprint density at radius 3 is 2.40 bits per heavy atom. The van der Waals surface area contributed by atoms with E-state index in [4.69, 9.17) is 1.41 Å². The van der Waals surface area contributed by atoms with Gasteiger partial charge in [0.2, 0.25) is 0 Å². The van der Waals surface area contributed by atoms with Crippen molar-refractivity contribution < 1.29 is 16.9 Å². The van der Waals surface area contributed by atoms with Crippen molar-refractivity contribution in [3.05, 3.63) is 37.2 Å². The van der Waals surface area contributed by atoms with Crippen LogP contribution in [0.5, 0.6) is 0 Å². The van der Waals surface area contributed by atoms with Gasteiger partial charge < -0.3 is 11.0 Å². The highest BCUT2D eigenvalue weighted by atomic mass is 16.0. The maximum Gasteiger partial charge on any atom is 0.365 e. The van der Waals surface area contributed by atoms with E-state index in [-0.39, 0.29) is 11.0 Å². The highest BCUT2D eigenvalue weighted by Crippen LogP contribution is 2.00. The highest BCUT2D eigenvalue weighted by molar-refractivity contribution is 5.38. The second kappa shape index (κ2) is 5.58. The normalized spacial score (nSPS) is 10.3. The van der Waals surface area contributed by atoms with Gasteiger partial charge in [-0.3, -0.25) is 4.57 Å². The van der Waals surface area contributed by atoms with Gasteiger partial charge in [-0.15, -0.1) is 15.6 Å². The van der Waals surface area contributed by atoms with Gasteiger partial charge in [0.1, 0.15) is 12.7 Å². The van der Waals surface area contributed by atoms with Crippen molar-refractivity contribution in [2.24, 2.45) is 0 Å². The van der Waals surface area contributed by atoms with Crippen molar-refractivity contribution >= 4 is 6.34 Å². The van der Waals surface area contributed by atoms with Crippen LogP contribution in [0.2, 0.25) is 1.41 Å². The number of pyridine rings is 1. The Balaban J connectivity index is 0.00000112. The van der Waals surface area contributed by atoms with Gasteiger partial charge in [0.15, 0.2) is 0 Å². The minimum absolute atomic E-state index is 0. The molecule has 0 amide bonds. The molecule has 2 aromatic heterocycles. The molecule has 0 unspecified atom stereocenters. The maximum absolute atomic E-state index is 6.66. The van der Waals surface area contributed by atoms with Crippen LogP contribution in [0.1, 0.15) is 0 Å². The first-order valence-corrected chi connectivity index (χ1v) is 3.73. The van der Waals surface area contributed by atoms with Crippen LogP contribution < -0.4 is 4.57 Å². The molecule has 15 heavy (non-hydrogen) atoms. The van der Waals surface area contributed by atoms with Crippen molar-refractivity contribution in [1.29, 1.82) is 5.40 Å². The zero-order valence-electron chi connectivity index (χ0n) is 8.78. The predicted octanol–water partition coefficient (Wildman–Crippen LogP) is -1.64. The molecule has 2 heterocycles. The monoisotopic (exact) mass is 210 g/mol. The summed E-state index contributed by atoms with van der Waals surface area (Å²) in [6.45, 7) is 0. The van der Waals surface area contributed by atoms with Gasteiger partial charge in [0.25, 0.3) is 6.34 Å². The van der Waals surface area contributed by atoms with E-state index in [9.17, 15) is 0 Å². The summed E-state index contributed by atoms with van der Waals surface area (Å²) in [4.78, 5) is 0. The van der Waals surface area contributed by atoms with Crippen LogP contribution >= 0.6 is 0 Å². The molecule has 0 spiro atoms. The Labute approximate surface area is 87.2 Å². The fourth-order valence-electron chi connectivity index (χ4n) is 1.01. The second-order valence-corrected chi connectivity index (χ2v) is 2.49. The summed E-state index contributed by atoms with van der Waals surface area (Å²) in [5, 5.41) is 10.6. The molecular weight excluding hydrogens is 198 g/mol. The summed E-state index contributed by atoms with van der Waals surface area (Å²) in [7, 11) is 0. The van der Waals surface area contributed by atoms with Crippen LogP contribution in [0.25, 0.3) is 5.69 Å². The maximum atomic E-state index is 6.66. The summed E-state index contributed by atoms with van der Waals surface area (Å²) in [6.07, 6.45) is 8.24. The SMILES string of the molecule is O.O.[H]/N=C\[n+]1ccc(-n2cnnc2)cc1. The number of aromatic nitrogens is 4. The van der Waals surface area contributed by atoms with Crippen LogP contribution in [-0.4, -0.2) is 32.1 Å². The van der Waals surface area contributed by atoms with E-state index in [1.807, 2.05) is 12.1 Å². The first kappa shape index (κ1) is 11.0. The number of rotatable bonds is 2. The summed E-state index contributed by atoms with van der Waals surface area (Å²) in [6, 6.07) is 3.76.